The van der Waals surface area contributed by atoms with Crippen molar-refractivity contribution in [2.45, 2.75) is 12.6 Å². The maximum atomic E-state index is 13.6. The van der Waals surface area contributed by atoms with E-state index in [1.807, 2.05) is 0 Å². The fourth-order valence-electron chi connectivity index (χ4n) is 2.75. The van der Waals surface area contributed by atoms with Crippen molar-refractivity contribution in [3.05, 3.63) is 70.5 Å². The number of rotatable bonds is 5. The Morgan fingerprint density at radius 1 is 1.24 bits per heavy atom. The van der Waals surface area contributed by atoms with Crippen molar-refractivity contribution in [3.8, 4) is 0 Å². The van der Waals surface area contributed by atoms with Crippen LogP contribution >= 0.6 is 0 Å². The summed E-state index contributed by atoms with van der Waals surface area (Å²) < 4.78 is 57.7. The van der Waals surface area contributed by atoms with Gasteiger partial charge in [-0.15, -0.1) is 0 Å². The molecular weight excluding hydrogens is 392 g/mol. The molecule has 0 radical (unpaired) electrons. The minimum atomic E-state index is -4.64. The lowest BCUT2D eigenvalue weighted by atomic mass is 10.0. The van der Waals surface area contributed by atoms with E-state index in [1.54, 1.807) is 12.1 Å². The number of aromatic nitrogens is 1. The lowest BCUT2D eigenvalue weighted by Gasteiger charge is -2.13. The van der Waals surface area contributed by atoms with Crippen LogP contribution in [-0.4, -0.2) is 30.3 Å². The standard InChI is InChI=1S/C19H16F4N4O2/c20-14-7-12(6-13(9-14)19(21,22)23)5-11-1-2-25-16(8-11)27-18-15(10-24)17(28)26-3-4-29-18/h1-2,6-10,24H,3-5H2,(H,25,27)(H,26,28). The average Bonchev–Trinajstić information content (AvgIpc) is 2.81. The number of amides is 1. The second kappa shape index (κ2) is 8.29. The molecule has 152 valence electrons. The highest BCUT2D eigenvalue weighted by Gasteiger charge is 2.31. The minimum Gasteiger partial charge on any atom is -0.476 e. The molecule has 2 heterocycles. The maximum absolute atomic E-state index is 13.6. The third-order valence-electron chi connectivity index (χ3n) is 4.03. The Labute approximate surface area is 163 Å². The van der Waals surface area contributed by atoms with Gasteiger partial charge in [0.05, 0.1) is 12.1 Å². The highest BCUT2D eigenvalue weighted by Crippen LogP contribution is 2.31. The molecule has 10 heteroatoms. The Balaban J connectivity index is 1.84. The van der Waals surface area contributed by atoms with Crippen LogP contribution in [0, 0.1) is 11.2 Å². The van der Waals surface area contributed by atoms with E-state index in [0.29, 0.717) is 11.6 Å². The SMILES string of the molecule is N=CC1=C(Nc2cc(Cc3cc(F)cc(C(F)(F)F)c3)ccn2)OCCNC1=O. The smallest absolute Gasteiger partial charge is 0.416 e. The minimum absolute atomic E-state index is 0.0188. The van der Waals surface area contributed by atoms with Gasteiger partial charge >= 0.3 is 6.18 Å². The highest BCUT2D eigenvalue weighted by atomic mass is 19.4. The molecule has 1 aliphatic rings. The molecule has 1 aromatic carbocycles. The van der Waals surface area contributed by atoms with Crippen LogP contribution in [0.3, 0.4) is 0 Å². The number of carbonyl (C=O) groups is 1. The van der Waals surface area contributed by atoms with E-state index in [4.69, 9.17) is 10.1 Å². The predicted octanol–water partition coefficient (Wildman–Crippen LogP) is 3.25. The summed E-state index contributed by atoms with van der Waals surface area (Å²) in [6, 6.07) is 5.50. The van der Waals surface area contributed by atoms with E-state index in [1.165, 1.54) is 6.20 Å². The number of pyridine rings is 1. The van der Waals surface area contributed by atoms with Crippen molar-refractivity contribution in [1.82, 2.24) is 10.3 Å². The molecule has 2 aromatic rings. The van der Waals surface area contributed by atoms with Gasteiger partial charge in [0, 0.05) is 12.4 Å². The lowest BCUT2D eigenvalue weighted by Crippen LogP contribution is -2.26. The fourth-order valence-corrected chi connectivity index (χ4v) is 2.75. The van der Waals surface area contributed by atoms with E-state index in [2.05, 4.69) is 15.6 Å². The molecule has 1 aliphatic heterocycles. The molecule has 0 unspecified atom stereocenters. The molecule has 0 saturated carbocycles. The molecule has 1 amide bonds. The first-order valence-electron chi connectivity index (χ1n) is 8.50. The second-order valence-corrected chi connectivity index (χ2v) is 6.19. The van der Waals surface area contributed by atoms with E-state index < -0.39 is 23.5 Å². The number of hydrogen-bond donors (Lipinski definition) is 3. The van der Waals surface area contributed by atoms with E-state index in [-0.39, 0.29) is 42.4 Å². The molecule has 0 saturated heterocycles. The van der Waals surface area contributed by atoms with Gasteiger partial charge in [-0.05, 0) is 47.9 Å². The zero-order chi connectivity index (χ0) is 21.0. The first kappa shape index (κ1) is 20.3. The van der Waals surface area contributed by atoms with Crippen molar-refractivity contribution < 1.29 is 27.1 Å². The van der Waals surface area contributed by atoms with Crippen LogP contribution < -0.4 is 10.6 Å². The maximum Gasteiger partial charge on any atom is 0.416 e. The normalized spacial score (nSPS) is 14.7. The van der Waals surface area contributed by atoms with Gasteiger partial charge < -0.3 is 20.8 Å². The topological polar surface area (TPSA) is 87.1 Å². The second-order valence-electron chi connectivity index (χ2n) is 6.19. The Kier molecular flexibility index (Phi) is 5.81. The molecule has 0 fully saturated rings. The Morgan fingerprint density at radius 2 is 2.03 bits per heavy atom. The van der Waals surface area contributed by atoms with E-state index in [0.717, 1.165) is 18.3 Å². The van der Waals surface area contributed by atoms with Crippen molar-refractivity contribution >= 4 is 17.9 Å². The monoisotopic (exact) mass is 408 g/mol. The van der Waals surface area contributed by atoms with Crippen LogP contribution in [0.4, 0.5) is 23.4 Å². The molecule has 0 bridgehead atoms. The number of benzene rings is 1. The third kappa shape index (κ3) is 5.09. The molecule has 3 N–H and O–H groups in total. The molecule has 29 heavy (non-hydrogen) atoms. The van der Waals surface area contributed by atoms with Gasteiger partial charge in [-0.3, -0.25) is 4.79 Å². The molecule has 6 nitrogen and oxygen atoms in total. The summed E-state index contributed by atoms with van der Waals surface area (Å²) in [4.78, 5) is 16.0. The number of hydrogen-bond acceptors (Lipinski definition) is 5. The van der Waals surface area contributed by atoms with Crippen molar-refractivity contribution in [2.24, 2.45) is 0 Å². The Hall–Kier alpha value is -3.43. The number of ether oxygens (including phenoxy) is 1. The van der Waals surface area contributed by atoms with Crippen LogP contribution in [-0.2, 0) is 22.1 Å². The zero-order valence-corrected chi connectivity index (χ0v) is 14.9. The van der Waals surface area contributed by atoms with Gasteiger partial charge in [-0.25, -0.2) is 9.37 Å². The average molecular weight is 408 g/mol. The number of carbonyl (C=O) groups excluding carboxylic acids is 1. The van der Waals surface area contributed by atoms with Crippen molar-refractivity contribution in [2.75, 3.05) is 18.5 Å². The van der Waals surface area contributed by atoms with Gasteiger partial charge in [-0.1, -0.05) is 0 Å². The van der Waals surface area contributed by atoms with Gasteiger partial charge in [0.2, 0.25) is 5.88 Å². The molecule has 0 atom stereocenters. The summed E-state index contributed by atoms with van der Waals surface area (Å²) in [5, 5.41) is 12.8. The van der Waals surface area contributed by atoms with Gasteiger partial charge in [-0.2, -0.15) is 13.2 Å². The zero-order valence-electron chi connectivity index (χ0n) is 14.9. The van der Waals surface area contributed by atoms with Crippen molar-refractivity contribution in [3.63, 3.8) is 0 Å². The Morgan fingerprint density at radius 3 is 2.76 bits per heavy atom. The molecule has 0 spiro atoms. The fraction of sp³-hybridized carbons (Fsp3) is 0.211. The summed E-state index contributed by atoms with van der Waals surface area (Å²) in [6.45, 7) is 0.463. The van der Waals surface area contributed by atoms with Crippen LogP contribution in [0.1, 0.15) is 16.7 Å². The third-order valence-corrected chi connectivity index (χ3v) is 4.03. The first-order chi connectivity index (χ1) is 13.8. The molecule has 1 aromatic heterocycles. The number of halogens is 4. The van der Waals surface area contributed by atoms with E-state index in [9.17, 15) is 22.4 Å². The number of nitrogens with one attached hydrogen (secondary N) is 3. The summed E-state index contributed by atoms with van der Waals surface area (Å²) in [7, 11) is 0. The van der Waals surface area contributed by atoms with Crippen LogP contribution in [0.15, 0.2) is 48.0 Å². The van der Waals surface area contributed by atoms with E-state index >= 15 is 0 Å². The van der Waals surface area contributed by atoms with Crippen molar-refractivity contribution in [1.29, 1.82) is 5.41 Å². The number of alkyl halides is 3. The van der Waals surface area contributed by atoms with Gasteiger partial charge in [0.25, 0.3) is 5.91 Å². The summed E-state index contributed by atoms with van der Waals surface area (Å²) >= 11 is 0. The number of nitrogens with zero attached hydrogens (tertiary/aromatic N) is 1. The quantitative estimate of drug-likeness (QED) is 0.524. The van der Waals surface area contributed by atoms with Crippen LogP contribution in [0.2, 0.25) is 0 Å². The first-order valence-corrected chi connectivity index (χ1v) is 8.50. The summed E-state index contributed by atoms with van der Waals surface area (Å²) in [5.74, 6) is -1.14. The summed E-state index contributed by atoms with van der Waals surface area (Å²) in [6.07, 6.45) is -2.34. The summed E-state index contributed by atoms with van der Waals surface area (Å²) in [5.41, 5.74) is -0.358. The molecule has 0 aliphatic carbocycles. The van der Waals surface area contributed by atoms with Crippen LogP contribution in [0.5, 0.6) is 0 Å². The lowest BCUT2D eigenvalue weighted by molar-refractivity contribution is -0.137. The molecular formula is C19H16F4N4O2. The highest BCUT2D eigenvalue weighted by molar-refractivity contribution is 6.12. The van der Waals surface area contributed by atoms with Gasteiger partial charge in [0.15, 0.2) is 0 Å². The molecule has 3 rings (SSSR count). The van der Waals surface area contributed by atoms with Crippen LogP contribution in [0.25, 0.3) is 0 Å². The Bertz CT molecular complexity index is 973. The largest absolute Gasteiger partial charge is 0.476 e. The van der Waals surface area contributed by atoms with Gasteiger partial charge in [0.1, 0.15) is 23.8 Å². The number of anilines is 1. The predicted molar refractivity (Wildman–Crippen MR) is 96.8 cm³/mol.